The van der Waals surface area contributed by atoms with E-state index in [4.69, 9.17) is 4.74 Å². The number of carbonyl (C=O) groups excluding carboxylic acids is 2. The minimum absolute atomic E-state index is 0.294. The Hall–Kier alpha value is -3.61. The second-order valence-electron chi connectivity index (χ2n) is 8.28. The lowest BCUT2D eigenvalue weighted by Crippen LogP contribution is -2.30. The van der Waals surface area contributed by atoms with Crippen LogP contribution in [0.15, 0.2) is 53.3 Å². The number of ether oxygens (including phenoxy) is 1. The maximum atomic E-state index is 13.2. The van der Waals surface area contributed by atoms with Crippen molar-refractivity contribution in [1.29, 1.82) is 0 Å². The normalized spacial score (nSPS) is 10.9. The fourth-order valence-corrected chi connectivity index (χ4v) is 3.79. The van der Waals surface area contributed by atoms with E-state index < -0.39 is 17.4 Å². The summed E-state index contributed by atoms with van der Waals surface area (Å²) >= 11 is 0. The molecule has 0 atom stereocenters. The van der Waals surface area contributed by atoms with Gasteiger partial charge in [0.1, 0.15) is 11.3 Å². The maximum Gasteiger partial charge on any atom is 0.338 e. The summed E-state index contributed by atoms with van der Waals surface area (Å²) in [5.74, 6) is -1.46. The lowest BCUT2D eigenvalue weighted by molar-refractivity contribution is 0.0499. The highest BCUT2D eigenvalue weighted by Crippen LogP contribution is 2.27. The number of aromatic hydroxyl groups is 1. The summed E-state index contributed by atoms with van der Waals surface area (Å²) in [5, 5.41) is 13.9. The summed E-state index contributed by atoms with van der Waals surface area (Å²) in [6, 6.07) is 13.3. The summed E-state index contributed by atoms with van der Waals surface area (Å²) in [7, 11) is 0. The number of nitrogens with one attached hydrogen (secondary N) is 1. The van der Waals surface area contributed by atoms with Gasteiger partial charge < -0.3 is 19.7 Å². The molecule has 180 valence electrons. The molecule has 34 heavy (non-hydrogen) atoms. The quantitative estimate of drug-likeness (QED) is 0.289. The average molecular weight is 465 g/mol. The first-order valence-corrected chi connectivity index (χ1v) is 11.9. The second-order valence-corrected chi connectivity index (χ2v) is 8.28. The van der Waals surface area contributed by atoms with Crippen molar-refractivity contribution in [2.75, 3.05) is 11.9 Å². The molecule has 3 rings (SSSR count). The largest absolute Gasteiger partial charge is 0.506 e. The highest BCUT2D eigenvalue weighted by atomic mass is 16.5. The van der Waals surface area contributed by atoms with Crippen LogP contribution < -0.4 is 10.9 Å². The van der Waals surface area contributed by atoms with Crippen molar-refractivity contribution in [3.63, 3.8) is 0 Å². The van der Waals surface area contributed by atoms with Crippen LogP contribution in [0.4, 0.5) is 5.69 Å². The van der Waals surface area contributed by atoms with Crippen molar-refractivity contribution in [1.82, 2.24) is 4.57 Å². The zero-order valence-electron chi connectivity index (χ0n) is 19.8. The topological polar surface area (TPSA) is 97.6 Å². The van der Waals surface area contributed by atoms with E-state index in [-0.39, 0.29) is 11.3 Å². The van der Waals surface area contributed by atoms with Crippen LogP contribution in [0.5, 0.6) is 5.75 Å². The molecule has 0 spiro atoms. The molecule has 0 saturated heterocycles. The van der Waals surface area contributed by atoms with Crippen molar-refractivity contribution in [3.8, 4) is 5.75 Å². The fraction of sp³-hybridized carbons (Fsp3) is 0.370. The van der Waals surface area contributed by atoms with E-state index in [0.717, 1.165) is 38.5 Å². The number of aromatic nitrogens is 1. The monoisotopic (exact) mass is 464 g/mol. The molecule has 0 unspecified atom stereocenters. The van der Waals surface area contributed by atoms with Crippen molar-refractivity contribution >= 4 is 28.5 Å². The van der Waals surface area contributed by atoms with E-state index in [1.54, 1.807) is 53.1 Å². The zero-order valence-corrected chi connectivity index (χ0v) is 19.8. The summed E-state index contributed by atoms with van der Waals surface area (Å²) in [5.41, 5.74) is 0.552. The molecular weight excluding hydrogens is 432 g/mol. The van der Waals surface area contributed by atoms with Gasteiger partial charge in [0.05, 0.1) is 17.7 Å². The van der Waals surface area contributed by atoms with Gasteiger partial charge in [0.15, 0.2) is 0 Å². The molecule has 0 saturated carbocycles. The van der Waals surface area contributed by atoms with Crippen LogP contribution in [0.25, 0.3) is 10.9 Å². The Labute approximate surface area is 199 Å². The molecule has 7 nitrogen and oxygen atoms in total. The lowest BCUT2D eigenvalue weighted by Gasteiger charge is -2.15. The highest BCUT2D eigenvalue weighted by Gasteiger charge is 2.22. The number of hydrogen-bond donors (Lipinski definition) is 2. The van der Waals surface area contributed by atoms with Crippen molar-refractivity contribution in [2.24, 2.45) is 0 Å². The molecule has 1 aromatic heterocycles. The number of benzene rings is 2. The van der Waals surface area contributed by atoms with Gasteiger partial charge in [0, 0.05) is 17.6 Å². The summed E-state index contributed by atoms with van der Waals surface area (Å²) < 4.78 is 6.75. The van der Waals surface area contributed by atoms with E-state index in [0.29, 0.717) is 35.3 Å². The molecule has 1 heterocycles. The number of carbonyl (C=O) groups is 2. The Morgan fingerprint density at radius 3 is 2.35 bits per heavy atom. The average Bonchev–Trinajstić information content (AvgIpc) is 2.84. The predicted molar refractivity (Wildman–Crippen MR) is 134 cm³/mol. The van der Waals surface area contributed by atoms with Gasteiger partial charge in [-0.3, -0.25) is 9.59 Å². The van der Waals surface area contributed by atoms with Gasteiger partial charge in [-0.25, -0.2) is 4.79 Å². The lowest BCUT2D eigenvalue weighted by atomic mass is 10.1. The maximum absolute atomic E-state index is 13.2. The van der Waals surface area contributed by atoms with Crippen molar-refractivity contribution < 1.29 is 19.4 Å². The standard InChI is InChI=1S/C27H32N2O5/c1-3-5-7-10-17-29-22-12-9-8-11-21(22)24(30)23(26(29)32)25(31)28-20-15-13-19(14-16-20)27(33)34-18-6-4-2/h8-9,11-16,30H,3-7,10,17-18H2,1-2H3,(H,28,31). The molecular formula is C27H32N2O5. The predicted octanol–water partition coefficient (Wildman–Crippen LogP) is 5.50. The highest BCUT2D eigenvalue weighted by molar-refractivity contribution is 6.09. The van der Waals surface area contributed by atoms with E-state index in [2.05, 4.69) is 12.2 Å². The van der Waals surface area contributed by atoms with Crippen LogP contribution in [0, 0.1) is 0 Å². The SMILES string of the molecule is CCCCCCn1c(=O)c(C(=O)Nc2ccc(C(=O)OCCCC)cc2)c(O)c2ccccc21. The Kier molecular flexibility index (Phi) is 8.85. The summed E-state index contributed by atoms with van der Waals surface area (Å²) in [6.45, 7) is 4.96. The van der Waals surface area contributed by atoms with Crippen molar-refractivity contribution in [2.45, 2.75) is 58.9 Å². The van der Waals surface area contributed by atoms with Crippen LogP contribution in [-0.2, 0) is 11.3 Å². The smallest absolute Gasteiger partial charge is 0.338 e. The molecule has 0 aliphatic rings. The van der Waals surface area contributed by atoms with Crippen LogP contribution >= 0.6 is 0 Å². The number of amides is 1. The molecule has 3 aromatic rings. The Balaban J connectivity index is 1.85. The number of rotatable bonds is 11. The third kappa shape index (κ3) is 5.84. The van der Waals surface area contributed by atoms with Crippen LogP contribution in [-0.4, -0.2) is 28.2 Å². The third-order valence-corrected chi connectivity index (χ3v) is 5.72. The first-order chi connectivity index (χ1) is 16.5. The van der Waals surface area contributed by atoms with E-state index in [1.807, 2.05) is 6.92 Å². The molecule has 2 N–H and O–H groups in total. The first-order valence-electron chi connectivity index (χ1n) is 11.9. The van der Waals surface area contributed by atoms with Gasteiger partial charge >= 0.3 is 5.97 Å². The minimum atomic E-state index is -0.700. The van der Waals surface area contributed by atoms with Gasteiger partial charge in [0.25, 0.3) is 11.5 Å². The number of fused-ring (bicyclic) bond motifs is 1. The fourth-order valence-electron chi connectivity index (χ4n) is 3.79. The minimum Gasteiger partial charge on any atom is -0.506 e. The summed E-state index contributed by atoms with van der Waals surface area (Å²) in [4.78, 5) is 38.4. The number of anilines is 1. The van der Waals surface area contributed by atoms with E-state index in [1.165, 1.54) is 0 Å². The number of unbranched alkanes of at least 4 members (excludes halogenated alkanes) is 4. The molecule has 0 fully saturated rings. The number of para-hydroxylation sites is 1. The Morgan fingerprint density at radius 1 is 0.941 bits per heavy atom. The van der Waals surface area contributed by atoms with Crippen LogP contribution in [0.3, 0.4) is 0 Å². The van der Waals surface area contributed by atoms with Crippen molar-refractivity contribution in [3.05, 3.63) is 70.0 Å². The Morgan fingerprint density at radius 2 is 1.65 bits per heavy atom. The van der Waals surface area contributed by atoms with Crippen LogP contribution in [0.1, 0.15) is 73.1 Å². The zero-order chi connectivity index (χ0) is 24.5. The van der Waals surface area contributed by atoms with E-state index >= 15 is 0 Å². The molecule has 0 radical (unpaired) electrons. The van der Waals surface area contributed by atoms with Gasteiger partial charge in [-0.2, -0.15) is 0 Å². The number of aryl methyl sites for hydroxylation is 1. The van der Waals surface area contributed by atoms with Gasteiger partial charge in [-0.15, -0.1) is 0 Å². The second kappa shape index (κ2) is 12.0. The van der Waals surface area contributed by atoms with Gasteiger partial charge in [-0.05, 0) is 49.2 Å². The number of esters is 1. The molecule has 2 aromatic carbocycles. The van der Waals surface area contributed by atoms with Gasteiger partial charge in [0.2, 0.25) is 0 Å². The number of hydrogen-bond acceptors (Lipinski definition) is 5. The third-order valence-electron chi connectivity index (χ3n) is 5.72. The summed E-state index contributed by atoms with van der Waals surface area (Å²) in [6.07, 6.45) is 5.66. The van der Waals surface area contributed by atoms with Crippen LogP contribution in [0.2, 0.25) is 0 Å². The molecule has 1 amide bonds. The molecule has 0 bridgehead atoms. The molecule has 0 aliphatic carbocycles. The number of pyridine rings is 1. The Bertz CT molecular complexity index is 1200. The number of nitrogens with zero attached hydrogens (tertiary/aromatic N) is 1. The molecule has 0 aliphatic heterocycles. The first kappa shape index (κ1) is 25.0. The molecule has 7 heteroatoms. The van der Waals surface area contributed by atoms with E-state index in [9.17, 15) is 19.5 Å². The van der Waals surface area contributed by atoms with Gasteiger partial charge in [-0.1, -0.05) is 51.7 Å².